The molecule has 1 saturated carbocycles. The number of amides is 1. The molecule has 1 aromatic heterocycles. The van der Waals surface area contributed by atoms with Gasteiger partial charge in [0.25, 0.3) is 0 Å². The molecular weight excluding hydrogens is 260 g/mol. The number of aromatic nitrogens is 2. The van der Waals surface area contributed by atoms with Crippen molar-refractivity contribution in [3.05, 3.63) is 10.0 Å². The lowest BCUT2D eigenvalue weighted by Gasteiger charge is -2.37. The molecule has 1 saturated heterocycles. The van der Waals surface area contributed by atoms with E-state index in [0.717, 1.165) is 55.6 Å². The summed E-state index contributed by atoms with van der Waals surface area (Å²) in [5.41, 5.74) is 0. The highest BCUT2D eigenvalue weighted by Crippen LogP contribution is 2.28. The molecule has 0 spiro atoms. The summed E-state index contributed by atoms with van der Waals surface area (Å²) in [5.74, 6) is 0.718. The first-order valence-electron chi connectivity index (χ1n) is 7.02. The summed E-state index contributed by atoms with van der Waals surface area (Å²) < 4.78 is 0. The Morgan fingerprint density at radius 2 is 2.00 bits per heavy atom. The molecule has 19 heavy (non-hydrogen) atoms. The molecule has 1 aliphatic carbocycles. The Labute approximate surface area is 117 Å². The minimum atomic E-state index is 0.331. The van der Waals surface area contributed by atoms with Gasteiger partial charge >= 0.3 is 0 Å². The van der Waals surface area contributed by atoms with Crippen LogP contribution < -0.4 is 0 Å². The second-order valence-corrected chi connectivity index (χ2v) is 6.71. The van der Waals surface area contributed by atoms with E-state index < -0.39 is 0 Å². The van der Waals surface area contributed by atoms with E-state index >= 15 is 0 Å². The van der Waals surface area contributed by atoms with E-state index in [1.165, 1.54) is 6.42 Å². The van der Waals surface area contributed by atoms with Crippen molar-refractivity contribution >= 4 is 17.2 Å². The monoisotopic (exact) mass is 280 g/mol. The molecule has 0 aromatic carbocycles. The lowest BCUT2D eigenvalue weighted by atomic mass is 9.84. The topological polar surface area (TPSA) is 49.3 Å². The third-order valence-electron chi connectivity index (χ3n) is 4.07. The normalized spacial score (nSPS) is 21.4. The van der Waals surface area contributed by atoms with Gasteiger partial charge in [0, 0.05) is 32.1 Å². The molecule has 0 atom stereocenters. The van der Waals surface area contributed by atoms with Gasteiger partial charge in [-0.05, 0) is 19.8 Å². The fourth-order valence-corrected chi connectivity index (χ4v) is 3.38. The summed E-state index contributed by atoms with van der Waals surface area (Å²) in [6.07, 6.45) is 3.43. The van der Waals surface area contributed by atoms with E-state index in [1.54, 1.807) is 11.3 Å². The van der Waals surface area contributed by atoms with Gasteiger partial charge in [0.15, 0.2) is 0 Å². The second kappa shape index (κ2) is 5.54. The van der Waals surface area contributed by atoms with Gasteiger partial charge in [-0.15, -0.1) is 21.5 Å². The van der Waals surface area contributed by atoms with Gasteiger partial charge in [-0.2, -0.15) is 0 Å². The zero-order valence-electron chi connectivity index (χ0n) is 11.3. The minimum absolute atomic E-state index is 0.331. The molecule has 2 fully saturated rings. The van der Waals surface area contributed by atoms with Crippen LogP contribution in [0.5, 0.6) is 0 Å². The van der Waals surface area contributed by atoms with Crippen molar-refractivity contribution in [3.8, 4) is 0 Å². The van der Waals surface area contributed by atoms with Crippen molar-refractivity contribution in [2.45, 2.75) is 32.7 Å². The third-order valence-corrected chi connectivity index (χ3v) is 4.89. The highest BCUT2D eigenvalue weighted by molar-refractivity contribution is 7.11. The second-order valence-electron chi connectivity index (χ2n) is 5.44. The molecule has 0 unspecified atom stereocenters. The average molecular weight is 280 g/mol. The molecule has 1 aliphatic heterocycles. The van der Waals surface area contributed by atoms with Crippen molar-refractivity contribution in [2.24, 2.45) is 5.92 Å². The minimum Gasteiger partial charge on any atom is -0.340 e. The van der Waals surface area contributed by atoms with Crippen LogP contribution in [-0.4, -0.2) is 52.1 Å². The van der Waals surface area contributed by atoms with Gasteiger partial charge in [0.05, 0.1) is 6.54 Å². The van der Waals surface area contributed by atoms with Gasteiger partial charge in [-0.25, -0.2) is 0 Å². The lowest BCUT2D eigenvalue weighted by molar-refractivity contribution is -0.140. The number of hydrogen-bond donors (Lipinski definition) is 0. The molecule has 5 nitrogen and oxygen atoms in total. The maximum absolute atomic E-state index is 12.1. The van der Waals surface area contributed by atoms with Crippen LogP contribution >= 0.6 is 11.3 Å². The van der Waals surface area contributed by atoms with Crippen molar-refractivity contribution < 1.29 is 4.79 Å². The van der Waals surface area contributed by atoms with E-state index in [0.29, 0.717) is 11.8 Å². The van der Waals surface area contributed by atoms with Crippen LogP contribution in [0.2, 0.25) is 0 Å². The standard InChI is InChI=1S/C13H20N4OS/c1-10-14-15-12(19-10)9-16-5-7-17(8-6-16)13(18)11-3-2-4-11/h11H,2-9H2,1H3. The molecule has 1 amide bonds. The van der Waals surface area contributed by atoms with Crippen molar-refractivity contribution in [1.82, 2.24) is 20.0 Å². The summed E-state index contributed by atoms with van der Waals surface area (Å²) in [4.78, 5) is 16.5. The number of aryl methyl sites for hydroxylation is 1. The van der Waals surface area contributed by atoms with E-state index in [-0.39, 0.29) is 0 Å². The summed E-state index contributed by atoms with van der Waals surface area (Å²) in [5, 5.41) is 10.3. The summed E-state index contributed by atoms with van der Waals surface area (Å²) in [7, 11) is 0. The molecule has 0 N–H and O–H groups in total. The molecular formula is C13H20N4OS. The van der Waals surface area contributed by atoms with Crippen LogP contribution in [0.3, 0.4) is 0 Å². The zero-order valence-corrected chi connectivity index (χ0v) is 12.2. The largest absolute Gasteiger partial charge is 0.340 e. The predicted molar refractivity (Wildman–Crippen MR) is 73.8 cm³/mol. The molecule has 0 bridgehead atoms. The number of carbonyl (C=O) groups excluding carboxylic acids is 1. The number of carbonyl (C=O) groups is 1. The highest BCUT2D eigenvalue weighted by Gasteiger charge is 2.31. The smallest absolute Gasteiger partial charge is 0.225 e. The van der Waals surface area contributed by atoms with Crippen molar-refractivity contribution in [2.75, 3.05) is 26.2 Å². The molecule has 104 valence electrons. The van der Waals surface area contributed by atoms with Crippen LogP contribution in [0.1, 0.15) is 29.3 Å². The van der Waals surface area contributed by atoms with Crippen LogP contribution in [0.25, 0.3) is 0 Å². The Morgan fingerprint density at radius 3 is 2.53 bits per heavy atom. The van der Waals surface area contributed by atoms with Gasteiger partial charge in [-0.3, -0.25) is 9.69 Å². The first-order chi connectivity index (χ1) is 9.22. The summed E-state index contributed by atoms with van der Waals surface area (Å²) in [6, 6.07) is 0. The maximum atomic E-state index is 12.1. The summed E-state index contributed by atoms with van der Waals surface area (Å²) >= 11 is 1.66. The van der Waals surface area contributed by atoms with Crippen LogP contribution in [0, 0.1) is 12.8 Å². The van der Waals surface area contributed by atoms with Crippen molar-refractivity contribution in [3.63, 3.8) is 0 Å². The van der Waals surface area contributed by atoms with Gasteiger partial charge < -0.3 is 4.90 Å². The zero-order chi connectivity index (χ0) is 13.2. The number of nitrogens with zero attached hydrogens (tertiary/aromatic N) is 4. The average Bonchev–Trinajstić information content (AvgIpc) is 2.73. The van der Waals surface area contributed by atoms with Gasteiger partial charge in [-0.1, -0.05) is 6.42 Å². The molecule has 2 aliphatic rings. The van der Waals surface area contributed by atoms with E-state index in [1.807, 2.05) is 11.8 Å². The van der Waals surface area contributed by atoms with Crippen LogP contribution in [-0.2, 0) is 11.3 Å². The van der Waals surface area contributed by atoms with E-state index in [2.05, 4.69) is 15.1 Å². The Hall–Kier alpha value is -1.01. The Morgan fingerprint density at radius 1 is 1.26 bits per heavy atom. The lowest BCUT2D eigenvalue weighted by Crippen LogP contribution is -2.50. The Kier molecular flexibility index (Phi) is 3.79. The molecule has 1 aromatic rings. The quantitative estimate of drug-likeness (QED) is 0.837. The van der Waals surface area contributed by atoms with E-state index in [9.17, 15) is 4.79 Å². The highest BCUT2D eigenvalue weighted by atomic mass is 32.1. The first kappa shape index (κ1) is 13.0. The molecule has 0 radical (unpaired) electrons. The fraction of sp³-hybridized carbons (Fsp3) is 0.769. The van der Waals surface area contributed by atoms with Gasteiger partial charge in [0.2, 0.25) is 5.91 Å². The fourth-order valence-electron chi connectivity index (χ4n) is 2.63. The number of rotatable bonds is 3. The Balaban J connectivity index is 1.47. The van der Waals surface area contributed by atoms with Crippen LogP contribution in [0.4, 0.5) is 0 Å². The van der Waals surface area contributed by atoms with E-state index in [4.69, 9.17) is 0 Å². The maximum Gasteiger partial charge on any atom is 0.225 e. The number of hydrogen-bond acceptors (Lipinski definition) is 5. The molecule has 3 rings (SSSR count). The first-order valence-corrected chi connectivity index (χ1v) is 7.84. The predicted octanol–water partition coefficient (Wildman–Crippen LogP) is 1.29. The summed E-state index contributed by atoms with van der Waals surface area (Å²) in [6.45, 7) is 6.50. The van der Waals surface area contributed by atoms with Gasteiger partial charge in [0.1, 0.15) is 10.0 Å². The molecule has 6 heteroatoms. The Bertz CT molecular complexity index is 449. The SMILES string of the molecule is Cc1nnc(CN2CCN(C(=O)C3CCC3)CC2)s1. The molecule has 2 heterocycles. The number of piperazine rings is 1. The van der Waals surface area contributed by atoms with Crippen LogP contribution in [0.15, 0.2) is 0 Å². The van der Waals surface area contributed by atoms with Crippen molar-refractivity contribution in [1.29, 1.82) is 0 Å². The third kappa shape index (κ3) is 2.95.